The van der Waals surface area contributed by atoms with Gasteiger partial charge >= 0.3 is 0 Å². The number of nitrogens with one attached hydrogen (secondary N) is 1. The third kappa shape index (κ3) is 3.93. The third-order valence-electron chi connectivity index (χ3n) is 2.50. The standard InChI is InChI=1S/C12H18N2O4S/c1-3-13-12(16)9-14(4-2)19(17,18)11-7-5-6-10(15)8-11/h5-8,15H,3-4,9H2,1-2H3,(H,13,16). The van der Waals surface area contributed by atoms with Gasteiger partial charge in [-0.15, -0.1) is 0 Å². The van der Waals surface area contributed by atoms with E-state index in [9.17, 15) is 18.3 Å². The predicted octanol–water partition coefficient (Wildman–Crippen LogP) is 0.539. The monoisotopic (exact) mass is 286 g/mol. The zero-order valence-corrected chi connectivity index (χ0v) is 11.8. The summed E-state index contributed by atoms with van der Waals surface area (Å²) < 4.78 is 25.6. The maximum Gasteiger partial charge on any atom is 0.243 e. The number of nitrogens with zero attached hydrogens (tertiary/aromatic N) is 1. The Morgan fingerprint density at radius 3 is 2.58 bits per heavy atom. The van der Waals surface area contributed by atoms with Gasteiger partial charge in [0, 0.05) is 13.1 Å². The van der Waals surface area contributed by atoms with Crippen LogP contribution in [0.25, 0.3) is 0 Å². The second-order valence-electron chi connectivity index (χ2n) is 3.88. The molecule has 0 atom stereocenters. The van der Waals surface area contributed by atoms with E-state index in [-0.39, 0.29) is 29.6 Å². The molecule has 0 bridgehead atoms. The first kappa shape index (κ1) is 15.5. The zero-order chi connectivity index (χ0) is 14.5. The molecule has 0 aliphatic carbocycles. The van der Waals surface area contributed by atoms with Gasteiger partial charge in [0.25, 0.3) is 0 Å². The van der Waals surface area contributed by atoms with Crippen molar-refractivity contribution in [1.29, 1.82) is 0 Å². The summed E-state index contributed by atoms with van der Waals surface area (Å²) in [6.07, 6.45) is 0. The molecule has 0 spiro atoms. The molecular formula is C12H18N2O4S. The van der Waals surface area contributed by atoms with Gasteiger partial charge in [-0.3, -0.25) is 4.79 Å². The molecule has 0 radical (unpaired) electrons. The van der Waals surface area contributed by atoms with Gasteiger partial charge < -0.3 is 10.4 Å². The summed E-state index contributed by atoms with van der Waals surface area (Å²) in [5, 5.41) is 11.9. The Labute approximate surface area is 113 Å². The molecule has 0 heterocycles. The van der Waals surface area contributed by atoms with Crippen molar-refractivity contribution >= 4 is 15.9 Å². The average molecular weight is 286 g/mol. The number of sulfonamides is 1. The Hall–Kier alpha value is -1.60. The van der Waals surface area contributed by atoms with Crippen LogP contribution in [0.3, 0.4) is 0 Å². The van der Waals surface area contributed by atoms with Crippen LogP contribution in [0.4, 0.5) is 0 Å². The Bertz CT molecular complexity index is 542. The summed E-state index contributed by atoms with van der Waals surface area (Å²) >= 11 is 0. The molecule has 0 aliphatic rings. The molecule has 0 fully saturated rings. The molecule has 0 aromatic heterocycles. The lowest BCUT2D eigenvalue weighted by atomic mass is 10.3. The molecule has 1 aromatic carbocycles. The molecule has 7 heteroatoms. The van der Waals surface area contributed by atoms with Crippen LogP contribution in [0.1, 0.15) is 13.8 Å². The van der Waals surface area contributed by atoms with Crippen LogP contribution in [0, 0.1) is 0 Å². The zero-order valence-electron chi connectivity index (χ0n) is 11.0. The van der Waals surface area contributed by atoms with E-state index >= 15 is 0 Å². The first-order valence-electron chi connectivity index (χ1n) is 5.97. The lowest BCUT2D eigenvalue weighted by molar-refractivity contribution is -0.121. The van der Waals surface area contributed by atoms with E-state index in [2.05, 4.69) is 5.32 Å². The number of aromatic hydroxyl groups is 1. The highest BCUT2D eigenvalue weighted by atomic mass is 32.2. The molecule has 1 aromatic rings. The molecule has 1 rings (SSSR count). The summed E-state index contributed by atoms with van der Waals surface area (Å²) in [6, 6.07) is 5.38. The van der Waals surface area contributed by atoms with Crippen molar-refractivity contribution in [3.05, 3.63) is 24.3 Å². The normalized spacial score (nSPS) is 11.5. The number of hydrogen-bond donors (Lipinski definition) is 2. The van der Waals surface area contributed by atoms with Crippen LogP contribution in [-0.2, 0) is 14.8 Å². The predicted molar refractivity (Wildman–Crippen MR) is 71.2 cm³/mol. The molecule has 19 heavy (non-hydrogen) atoms. The van der Waals surface area contributed by atoms with Gasteiger partial charge in [-0.1, -0.05) is 13.0 Å². The van der Waals surface area contributed by atoms with E-state index in [1.54, 1.807) is 13.8 Å². The summed E-state index contributed by atoms with van der Waals surface area (Å²) in [6.45, 7) is 3.80. The first-order chi connectivity index (χ1) is 8.91. The van der Waals surface area contributed by atoms with E-state index < -0.39 is 10.0 Å². The highest BCUT2D eigenvalue weighted by molar-refractivity contribution is 7.89. The molecule has 106 valence electrons. The summed E-state index contributed by atoms with van der Waals surface area (Å²) in [4.78, 5) is 11.5. The van der Waals surface area contributed by atoms with Gasteiger partial charge in [0.2, 0.25) is 15.9 Å². The van der Waals surface area contributed by atoms with Crippen molar-refractivity contribution in [2.24, 2.45) is 0 Å². The van der Waals surface area contributed by atoms with Crippen LogP contribution in [0.2, 0.25) is 0 Å². The second-order valence-corrected chi connectivity index (χ2v) is 5.82. The topological polar surface area (TPSA) is 86.7 Å². The molecule has 0 aliphatic heterocycles. The van der Waals surface area contributed by atoms with E-state index in [1.807, 2.05) is 0 Å². The van der Waals surface area contributed by atoms with Gasteiger partial charge in [-0.2, -0.15) is 4.31 Å². The van der Waals surface area contributed by atoms with Crippen molar-refractivity contribution in [3.8, 4) is 5.75 Å². The third-order valence-corrected chi connectivity index (χ3v) is 4.42. The van der Waals surface area contributed by atoms with E-state index in [0.29, 0.717) is 6.54 Å². The van der Waals surface area contributed by atoms with E-state index in [1.165, 1.54) is 18.2 Å². The summed E-state index contributed by atoms with van der Waals surface area (Å²) in [5.74, 6) is -0.483. The number of rotatable bonds is 6. The largest absolute Gasteiger partial charge is 0.508 e. The number of phenols is 1. The Morgan fingerprint density at radius 1 is 1.37 bits per heavy atom. The van der Waals surface area contributed by atoms with Crippen molar-refractivity contribution < 1.29 is 18.3 Å². The van der Waals surface area contributed by atoms with Crippen molar-refractivity contribution in [1.82, 2.24) is 9.62 Å². The number of hydrogen-bond acceptors (Lipinski definition) is 4. The van der Waals surface area contributed by atoms with Gasteiger partial charge in [0.1, 0.15) is 5.75 Å². The van der Waals surface area contributed by atoms with Crippen LogP contribution in [0.5, 0.6) is 5.75 Å². The molecule has 2 N–H and O–H groups in total. The summed E-state index contributed by atoms with van der Waals surface area (Å²) in [5.41, 5.74) is 0. The molecule has 6 nitrogen and oxygen atoms in total. The number of carbonyl (C=O) groups excluding carboxylic acids is 1. The lowest BCUT2D eigenvalue weighted by Gasteiger charge is -2.19. The van der Waals surface area contributed by atoms with Crippen LogP contribution in [-0.4, -0.2) is 43.4 Å². The molecule has 1 amide bonds. The average Bonchev–Trinajstić information content (AvgIpc) is 2.36. The fourth-order valence-corrected chi connectivity index (χ4v) is 3.02. The molecule has 0 saturated carbocycles. The first-order valence-corrected chi connectivity index (χ1v) is 7.41. The highest BCUT2D eigenvalue weighted by Gasteiger charge is 2.25. The maximum absolute atomic E-state index is 12.3. The molecule has 0 unspecified atom stereocenters. The van der Waals surface area contributed by atoms with E-state index in [4.69, 9.17) is 0 Å². The molecule has 0 saturated heterocycles. The second kappa shape index (κ2) is 6.53. The van der Waals surface area contributed by atoms with Crippen LogP contribution < -0.4 is 5.32 Å². The fraction of sp³-hybridized carbons (Fsp3) is 0.417. The Morgan fingerprint density at radius 2 is 2.05 bits per heavy atom. The highest BCUT2D eigenvalue weighted by Crippen LogP contribution is 2.19. The minimum absolute atomic E-state index is 0.0290. The van der Waals surface area contributed by atoms with Gasteiger partial charge in [0.05, 0.1) is 11.4 Å². The Kier molecular flexibility index (Phi) is 5.31. The van der Waals surface area contributed by atoms with Gasteiger partial charge in [0.15, 0.2) is 0 Å². The number of phenolic OH excluding ortho intramolecular Hbond substituents is 1. The van der Waals surface area contributed by atoms with Gasteiger partial charge in [-0.05, 0) is 25.1 Å². The maximum atomic E-state index is 12.3. The van der Waals surface area contributed by atoms with Crippen molar-refractivity contribution in [2.45, 2.75) is 18.7 Å². The number of likely N-dealkylation sites (N-methyl/N-ethyl adjacent to an activating group) is 2. The van der Waals surface area contributed by atoms with Crippen LogP contribution in [0.15, 0.2) is 29.2 Å². The summed E-state index contributed by atoms with van der Waals surface area (Å²) in [7, 11) is -3.77. The number of amides is 1. The fourth-order valence-electron chi connectivity index (χ4n) is 1.57. The minimum atomic E-state index is -3.77. The van der Waals surface area contributed by atoms with Gasteiger partial charge in [-0.25, -0.2) is 8.42 Å². The SMILES string of the molecule is CCNC(=O)CN(CC)S(=O)(=O)c1cccc(O)c1. The van der Waals surface area contributed by atoms with E-state index in [0.717, 1.165) is 10.4 Å². The Balaban J connectivity index is 2.99. The minimum Gasteiger partial charge on any atom is -0.508 e. The number of carbonyl (C=O) groups is 1. The quantitative estimate of drug-likeness (QED) is 0.799. The van der Waals surface area contributed by atoms with Crippen molar-refractivity contribution in [3.63, 3.8) is 0 Å². The smallest absolute Gasteiger partial charge is 0.243 e. The number of benzene rings is 1. The van der Waals surface area contributed by atoms with Crippen LogP contribution >= 0.6 is 0 Å². The molecular weight excluding hydrogens is 268 g/mol. The lowest BCUT2D eigenvalue weighted by Crippen LogP contribution is -2.40. The van der Waals surface area contributed by atoms with Crippen molar-refractivity contribution in [2.75, 3.05) is 19.6 Å².